The molecule has 0 saturated heterocycles. The largest absolute Gasteiger partial charge is 0.481 e. The number of nitrogens with zero attached hydrogens (tertiary/aromatic N) is 4. The summed E-state index contributed by atoms with van der Waals surface area (Å²) >= 11 is 3.00. The highest BCUT2D eigenvalue weighted by molar-refractivity contribution is 8.03. The molecular formula is C33H31N4O4S2+. The van der Waals surface area contributed by atoms with Crippen LogP contribution in [0.15, 0.2) is 75.2 Å². The van der Waals surface area contributed by atoms with Crippen molar-refractivity contribution in [2.24, 2.45) is 5.41 Å². The van der Waals surface area contributed by atoms with Crippen LogP contribution in [0.2, 0.25) is 0 Å². The van der Waals surface area contributed by atoms with Crippen LogP contribution in [0.3, 0.4) is 0 Å². The number of carboxylic acid groups (broad SMARTS) is 1. The van der Waals surface area contributed by atoms with Gasteiger partial charge in [-0.3, -0.25) is 9.59 Å². The van der Waals surface area contributed by atoms with E-state index in [9.17, 15) is 25.2 Å². The van der Waals surface area contributed by atoms with Gasteiger partial charge in [0.2, 0.25) is 5.52 Å². The van der Waals surface area contributed by atoms with E-state index in [1.807, 2.05) is 58.9 Å². The van der Waals surface area contributed by atoms with Crippen LogP contribution < -0.4 is 9.47 Å². The maximum Gasteiger partial charge on any atom is 0.309 e. The van der Waals surface area contributed by atoms with Gasteiger partial charge in [0.25, 0.3) is 11.5 Å². The molecule has 1 aliphatic heterocycles. The molecule has 5 rings (SSSR count). The molecule has 2 aliphatic rings. The normalized spacial score (nSPS) is 17.9. The molecule has 1 aromatic heterocycles. The summed E-state index contributed by atoms with van der Waals surface area (Å²) in [5.41, 5.74) is 5.39. The van der Waals surface area contributed by atoms with E-state index in [1.54, 1.807) is 0 Å². The van der Waals surface area contributed by atoms with Crippen LogP contribution in [-0.2, 0) is 20.9 Å². The van der Waals surface area contributed by atoms with E-state index in [1.165, 1.54) is 23.1 Å². The third-order valence-corrected chi connectivity index (χ3v) is 9.86. The Morgan fingerprint density at radius 1 is 1.16 bits per heavy atom. The molecule has 0 spiro atoms. The van der Waals surface area contributed by atoms with Crippen molar-refractivity contribution in [3.63, 3.8) is 0 Å². The van der Waals surface area contributed by atoms with Crippen molar-refractivity contribution >= 4 is 57.0 Å². The number of hydrogen-bond donors (Lipinski definition) is 1. The van der Waals surface area contributed by atoms with E-state index in [-0.39, 0.29) is 25.0 Å². The van der Waals surface area contributed by atoms with E-state index in [4.69, 9.17) is 4.74 Å². The summed E-state index contributed by atoms with van der Waals surface area (Å²) in [6.45, 7) is 7.53. The quantitative estimate of drug-likeness (QED) is 0.126. The number of nitriles is 2. The smallest absolute Gasteiger partial charge is 0.309 e. The van der Waals surface area contributed by atoms with Gasteiger partial charge in [-0.1, -0.05) is 61.2 Å². The summed E-state index contributed by atoms with van der Waals surface area (Å²) in [5.74, 6) is -0.903. The molecule has 0 radical (unpaired) electrons. The number of ether oxygens (including phenoxy) is 1. The average molecular weight is 612 g/mol. The van der Waals surface area contributed by atoms with Crippen molar-refractivity contribution < 1.29 is 24.0 Å². The van der Waals surface area contributed by atoms with Crippen molar-refractivity contribution in [3.05, 3.63) is 80.9 Å². The molecule has 2 aromatic carbocycles. The molecule has 43 heavy (non-hydrogen) atoms. The summed E-state index contributed by atoms with van der Waals surface area (Å²) in [5, 5.41) is 32.0. The molecule has 0 unspecified atom stereocenters. The van der Waals surface area contributed by atoms with Gasteiger partial charge >= 0.3 is 5.97 Å². The fourth-order valence-electron chi connectivity index (χ4n) is 5.69. The first-order valence-corrected chi connectivity index (χ1v) is 15.5. The lowest BCUT2D eigenvalue weighted by molar-refractivity contribution is -0.668. The summed E-state index contributed by atoms with van der Waals surface area (Å²) in [6, 6.07) is 18.8. The lowest BCUT2D eigenvalue weighted by Gasteiger charge is -2.32. The molecule has 218 valence electrons. The second kappa shape index (κ2) is 12.5. The van der Waals surface area contributed by atoms with E-state index < -0.39 is 5.97 Å². The molecule has 0 bridgehead atoms. The number of rotatable bonds is 9. The Balaban J connectivity index is 1.67. The Bertz CT molecular complexity index is 1800. The van der Waals surface area contributed by atoms with E-state index in [0.29, 0.717) is 42.0 Å². The van der Waals surface area contributed by atoms with Gasteiger partial charge in [0.15, 0.2) is 6.54 Å². The zero-order chi connectivity index (χ0) is 30.7. The van der Waals surface area contributed by atoms with E-state index in [0.717, 1.165) is 42.5 Å². The summed E-state index contributed by atoms with van der Waals surface area (Å²) in [4.78, 5) is 25.4. The third-order valence-electron chi connectivity index (χ3n) is 7.49. The summed E-state index contributed by atoms with van der Waals surface area (Å²) in [6.07, 6.45) is 3.19. The number of anilines is 1. The minimum absolute atomic E-state index is 0.0649. The number of thioether (sulfide) groups is 1. The van der Waals surface area contributed by atoms with Gasteiger partial charge < -0.3 is 14.7 Å². The summed E-state index contributed by atoms with van der Waals surface area (Å²) in [7, 11) is 0. The Morgan fingerprint density at radius 3 is 2.65 bits per heavy atom. The van der Waals surface area contributed by atoms with Gasteiger partial charge in [-0.25, -0.2) is 0 Å². The van der Waals surface area contributed by atoms with Crippen LogP contribution in [-0.4, -0.2) is 30.7 Å². The molecule has 1 N–H and O–H groups in total. The van der Waals surface area contributed by atoms with Gasteiger partial charge in [-0.05, 0) is 60.1 Å². The minimum atomic E-state index is -0.903. The maximum atomic E-state index is 11.5. The zero-order valence-electron chi connectivity index (χ0n) is 24.2. The standard InChI is InChI=1S/C33H30N4O4S2/c1-21-8-9-29-27(14-21)37(12-13-41-20-38)32(43-29)25(19-35)23-15-22(16-33(2,3)17-23)24(18-34)31-36(11-10-30(39)40)26-6-4-5-7-28(26)42-31/h4-9,14-15,20H,10-13,16-17H2,1-3H3/p+1. The first kappa shape index (κ1) is 30.1. The second-order valence-corrected chi connectivity index (χ2v) is 13.4. The highest BCUT2D eigenvalue weighted by Crippen LogP contribution is 2.51. The van der Waals surface area contributed by atoms with Crippen LogP contribution in [0.1, 0.15) is 43.7 Å². The molecular weight excluding hydrogens is 581 g/mol. The van der Waals surface area contributed by atoms with Crippen molar-refractivity contribution in [1.82, 2.24) is 0 Å². The Hall–Kier alpha value is -4.38. The fraction of sp³-hybridized carbons (Fsp3) is 0.303. The second-order valence-electron chi connectivity index (χ2n) is 11.4. The number of hydrogen-bond acceptors (Lipinski definition) is 8. The van der Waals surface area contributed by atoms with Crippen molar-refractivity contribution in [2.75, 3.05) is 18.1 Å². The summed E-state index contributed by atoms with van der Waals surface area (Å²) < 4.78 is 7.93. The first-order chi connectivity index (χ1) is 20.7. The molecule has 0 amide bonds. The number of thiazole rings is 1. The Labute approximate surface area is 258 Å². The van der Waals surface area contributed by atoms with E-state index in [2.05, 4.69) is 32.1 Å². The molecule has 0 atom stereocenters. The number of allylic oxidation sites excluding steroid dienone is 5. The molecule has 0 fully saturated rings. The number of benzene rings is 2. The highest BCUT2D eigenvalue weighted by Gasteiger charge is 2.35. The predicted octanol–water partition coefficient (Wildman–Crippen LogP) is 6.52. The van der Waals surface area contributed by atoms with Gasteiger partial charge in [-0.15, -0.1) is 0 Å². The third kappa shape index (κ3) is 6.22. The maximum absolute atomic E-state index is 11.5. The van der Waals surface area contributed by atoms with Crippen LogP contribution in [0.4, 0.5) is 5.69 Å². The van der Waals surface area contributed by atoms with Crippen LogP contribution >= 0.6 is 23.1 Å². The SMILES string of the molecule is Cc1ccc2c(c1)N(CCOC=O)/C(=C(\C#N)C1=C/C(=C(\C#N)c3sc4ccccc4[n+]3CCC(=O)O)CC(C)(C)C1)S2. The molecule has 8 nitrogen and oxygen atoms in total. The lowest BCUT2D eigenvalue weighted by atomic mass is 9.73. The highest BCUT2D eigenvalue weighted by atomic mass is 32.2. The Kier molecular flexibility index (Phi) is 8.72. The van der Waals surface area contributed by atoms with Crippen LogP contribution in [0.5, 0.6) is 0 Å². The minimum Gasteiger partial charge on any atom is -0.481 e. The van der Waals surface area contributed by atoms with Crippen LogP contribution in [0.25, 0.3) is 15.8 Å². The monoisotopic (exact) mass is 611 g/mol. The van der Waals surface area contributed by atoms with Crippen LogP contribution in [0, 0.1) is 35.0 Å². The number of aryl methyl sites for hydroxylation is 2. The number of carbonyl (C=O) groups is 2. The number of carbonyl (C=O) groups excluding carboxylic acids is 1. The average Bonchev–Trinajstić information content (AvgIpc) is 3.50. The molecule has 0 saturated carbocycles. The lowest BCUT2D eigenvalue weighted by Crippen LogP contribution is -2.37. The molecule has 10 heteroatoms. The number of para-hydroxylation sites is 1. The van der Waals surface area contributed by atoms with Gasteiger partial charge in [0.05, 0.1) is 22.8 Å². The topological polar surface area (TPSA) is 118 Å². The molecule has 3 aromatic rings. The molecule has 2 heterocycles. The predicted molar refractivity (Wildman–Crippen MR) is 167 cm³/mol. The Morgan fingerprint density at radius 2 is 1.93 bits per heavy atom. The molecule has 1 aliphatic carbocycles. The van der Waals surface area contributed by atoms with Gasteiger partial charge in [0, 0.05) is 11.0 Å². The van der Waals surface area contributed by atoms with Gasteiger partial charge in [0.1, 0.15) is 35.4 Å². The first-order valence-electron chi connectivity index (χ1n) is 13.9. The van der Waals surface area contributed by atoms with Gasteiger partial charge in [-0.2, -0.15) is 15.1 Å². The number of aromatic nitrogens is 1. The number of carboxylic acids is 1. The van der Waals surface area contributed by atoms with Crippen molar-refractivity contribution in [2.45, 2.75) is 51.5 Å². The number of fused-ring (bicyclic) bond motifs is 2. The van der Waals surface area contributed by atoms with Crippen molar-refractivity contribution in [3.8, 4) is 12.1 Å². The van der Waals surface area contributed by atoms with Crippen molar-refractivity contribution in [1.29, 1.82) is 10.5 Å². The fourth-order valence-corrected chi connectivity index (χ4v) is 8.10. The zero-order valence-corrected chi connectivity index (χ0v) is 25.8. The van der Waals surface area contributed by atoms with E-state index >= 15 is 0 Å². The number of aliphatic carboxylic acids is 1.